The Kier molecular flexibility index (Phi) is 2.54. The van der Waals surface area contributed by atoms with Crippen molar-refractivity contribution in [3.8, 4) is 0 Å². The lowest BCUT2D eigenvalue weighted by molar-refractivity contribution is -0.143. The van der Waals surface area contributed by atoms with Gasteiger partial charge in [-0.1, -0.05) is 0 Å². The molecule has 1 aliphatic heterocycles. The molecule has 0 bridgehead atoms. The maximum Gasteiger partial charge on any atom is 0.406 e. The number of carboxylic acids is 1. The average molecular weight is 212 g/mol. The second kappa shape index (κ2) is 3.35. The second-order valence-corrected chi connectivity index (χ2v) is 2.84. The molecule has 2 N–H and O–H groups in total. The molecule has 0 spiro atoms. The minimum atomic E-state index is -4.51. The zero-order valence-electron chi connectivity index (χ0n) is 6.84. The smallest absolute Gasteiger partial charge is 0.406 e. The molecule has 0 aromatic rings. The van der Waals surface area contributed by atoms with Crippen molar-refractivity contribution < 1.29 is 27.9 Å². The van der Waals surface area contributed by atoms with Gasteiger partial charge in [-0.05, 0) is 0 Å². The van der Waals surface area contributed by atoms with Crippen LogP contribution in [0.3, 0.4) is 0 Å². The number of alkyl halides is 3. The third-order valence-corrected chi connectivity index (χ3v) is 1.66. The third-order valence-electron chi connectivity index (χ3n) is 1.66. The van der Waals surface area contributed by atoms with Gasteiger partial charge in [0.1, 0.15) is 12.6 Å². The van der Waals surface area contributed by atoms with E-state index in [1.807, 2.05) is 5.32 Å². The summed E-state index contributed by atoms with van der Waals surface area (Å²) < 4.78 is 35.5. The van der Waals surface area contributed by atoms with E-state index in [4.69, 9.17) is 5.11 Å². The van der Waals surface area contributed by atoms with E-state index in [0.29, 0.717) is 4.90 Å². The molecule has 5 nitrogen and oxygen atoms in total. The van der Waals surface area contributed by atoms with Crippen LogP contribution in [0.4, 0.5) is 18.0 Å². The van der Waals surface area contributed by atoms with Crippen LogP contribution >= 0.6 is 0 Å². The minimum absolute atomic E-state index is 0.415. The van der Waals surface area contributed by atoms with Gasteiger partial charge in [0.15, 0.2) is 0 Å². The summed E-state index contributed by atoms with van der Waals surface area (Å²) in [6.45, 7) is -1.89. The van der Waals surface area contributed by atoms with E-state index in [2.05, 4.69) is 0 Å². The number of nitrogens with zero attached hydrogens (tertiary/aromatic N) is 1. The molecule has 1 rings (SSSR count). The number of nitrogens with one attached hydrogen (secondary N) is 1. The van der Waals surface area contributed by atoms with Crippen LogP contribution in [0.15, 0.2) is 0 Å². The van der Waals surface area contributed by atoms with Crippen molar-refractivity contribution in [2.75, 3.05) is 13.1 Å². The summed E-state index contributed by atoms with van der Waals surface area (Å²) in [6, 6.07) is -2.26. The number of carbonyl (C=O) groups is 2. The number of amides is 2. The zero-order valence-corrected chi connectivity index (χ0v) is 6.84. The Labute approximate surface area is 76.5 Å². The number of carbonyl (C=O) groups excluding carboxylic acids is 1. The van der Waals surface area contributed by atoms with Gasteiger partial charge in [-0.25, -0.2) is 9.59 Å². The molecule has 0 saturated carbocycles. The number of hydrogen-bond acceptors (Lipinski definition) is 2. The molecule has 1 saturated heterocycles. The Morgan fingerprint density at radius 2 is 2.21 bits per heavy atom. The monoisotopic (exact) mass is 212 g/mol. The van der Waals surface area contributed by atoms with E-state index in [1.54, 1.807) is 0 Å². The van der Waals surface area contributed by atoms with E-state index >= 15 is 0 Å². The van der Waals surface area contributed by atoms with Crippen LogP contribution in [0.1, 0.15) is 0 Å². The lowest BCUT2D eigenvalue weighted by Gasteiger charge is -2.15. The highest BCUT2D eigenvalue weighted by molar-refractivity contribution is 5.86. The number of hydrogen-bond donors (Lipinski definition) is 2. The number of urea groups is 1. The van der Waals surface area contributed by atoms with E-state index in [1.165, 1.54) is 0 Å². The van der Waals surface area contributed by atoms with Crippen LogP contribution < -0.4 is 5.32 Å². The Bertz CT molecular complexity index is 266. The predicted molar refractivity (Wildman–Crippen MR) is 37.6 cm³/mol. The van der Waals surface area contributed by atoms with Crippen LogP contribution in [0.5, 0.6) is 0 Å². The minimum Gasteiger partial charge on any atom is -0.480 e. The largest absolute Gasteiger partial charge is 0.480 e. The molecule has 2 amide bonds. The van der Waals surface area contributed by atoms with Gasteiger partial charge in [-0.2, -0.15) is 13.2 Å². The second-order valence-electron chi connectivity index (χ2n) is 2.84. The van der Waals surface area contributed by atoms with Crippen LogP contribution in [0.25, 0.3) is 0 Å². The van der Waals surface area contributed by atoms with Crippen molar-refractivity contribution in [1.29, 1.82) is 0 Å². The quantitative estimate of drug-likeness (QED) is 0.678. The Hall–Kier alpha value is -1.47. The fourth-order valence-electron chi connectivity index (χ4n) is 1.08. The van der Waals surface area contributed by atoms with Crippen molar-refractivity contribution in [3.63, 3.8) is 0 Å². The zero-order chi connectivity index (χ0) is 10.9. The van der Waals surface area contributed by atoms with Gasteiger partial charge in [-0.3, -0.25) is 0 Å². The SMILES string of the molecule is O=C(O)[C@@H]1CN(CC(F)(F)F)C(=O)N1. The molecule has 0 aliphatic carbocycles. The molecule has 1 aliphatic rings. The van der Waals surface area contributed by atoms with E-state index in [9.17, 15) is 22.8 Å². The first-order valence-electron chi connectivity index (χ1n) is 3.64. The highest BCUT2D eigenvalue weighted by atomic mass is 19.4. The molecule has 1 fully saturated rings. The van der Waals surface area contributed by atoms with Crippen LogP contribution in [0.2, 0.25) is 0 Å². The third kappa shape index (κ3) is 2.51. The van der Waals surface area contributed by atoms with Gasteiger partial charge in [0.25, 0.3) is 0 Å². The molecule has 14 heavy (non-hydrogen) atoms. The lowest BCUT2D eigenvalue weighted by Crippen LogP contribution is -2.36. The fraction of sp³-hybridized carbons (Fsp3) is 0.667. The van der Waals surface area contributed by atoms with Gasteiger partial charge in [0, 0.05) is 0 Å². The summed E-state index contributed by atoms with van der Waals surface area (Å²) in [5.41, 5.74) is 0. The van der Waals surface area contributed by atoms with Gasteiger partial charge in [0.2, 0.25) is 0 Å². The molecule has 0 aromatic carbocycles. The lowest BCUT2D eigenvalue weighted by atomic mass is 10.3. The molecule has 1 heterocycles. The van der Waals surface area contributed by atoms with E-state index in [-0.39, 0.29) is 0 Å². The van der Waals surface area contributed by atoms with E-state index in [0.717, 1.165) is 0 Å². The van der Waals surface area contributed by atoms with Gasteiger partial charge in [0.05, 0.1) is 6.54 Å². The Morgan fingerprint density at radius 3 is 2.57 bits per heavy atom. The number of carboxylic acid groups (broad SMARTS) is 1. The normalized spacial score (nSPS) is 22.4. The van der Waals surface area contributed by atoms with Crippen molar-refractivity contribution in [2.24, 2.45) is 0 Å². The van der Waals surface area contributed by atoms with Gasteiger partial charge < -0.3 is 15.3 Å². The number of halogens is 3. The number of aliphatic carboxylic acids is 1. The summed E-state index contributed by atoms with van der Waals surface area (Å²) in [6.07, 6.45) is -4.51. The topological polar surface area (TPSA) is 69.6 Å². The first-order valence-corrected chi connectivity index (χ1v) is 3.64. The van der Waals surface area contributed by atoms with Crippen LogP contribution in [-0.4, -0.2) is 47.3 Å². The number of rotatable bonds is 2. The van der Waals surface area contributed by atoms with Gasteiger partial charge >= 0.3 is 18.2 Å². The average Bonchev–Trinajstić information content (AvgIpc) is 2.29. The standard InChI is InChI=1S/C6H7F3N2O3/c7-6(8,9)2-11-1-3(4(12)13)10-5(11)14/h3H,1-2H2,(H,10,14)(H,12,13)/t3-/m0/s1. The summed E-state index contributed by atoms with van der Waals surface area (Å²) in [4.78, 5) is 21.6. The van der Waals surface area contributed by atoms with Crippen molar-refractivity contribution in [1.82, 2.24) is 10.2 Å². The summed E-state index contributed by atoms with van der Waals surface area (Å²) in [5, 5.41) is 10.3. The van der Waals surface area contributed by atoms with Crippen LogP contribution in [-0.2, 0) is 4.79 Å². The van der Waals surface area contributed by atoms with Crippen molar-refractivity contribution in [2.45, 2.75) is 12.2 Å². The van der Waals surface area contributed by atoms with Crippen molar-refractivity contribution in [3.05, 3.63) is 0 Å². The Balaban J connectivity index is 2.58. The molecule has 8 heteroatoms. The van der Waals surface area contributed by atoms with E-state index < -0.39 is 37.3 Å². The summed E-state index contributed by atoms with van der Waals surface area (Å²) in [7, 11) is 0. The van der Waals surface area contributed by atoms with Gasteiger partial charge in [-0.15, -0.1) is 0 Å². The van der Waals surface area contributed by atoms with Crippen molar-refractivity contribution >= 4 is 12.0 Å². The molecule has 1 atom stereocenters. The molecule has 0 aromatic heterocycles. The molecular formula is C6H7F3N2O3. The maximum absolute atomic E-state index is 11.8. The highest BCUT2D eigenvalue weighted by Gasteiger charge is 2.40. The van der Waals surface area contributed by atoms with Crippen LogP contribution in [0, 0.1) is 0 Å². The molecule has 0 unspecified atom stereocenters. The fourth-order valence-corrected chi connectivity index (χ4v) is 1.08. The highest BCUT2D eigenvalue weighted by Crippen LogP contribution is 2.18. The maximum atomic E-state index is 11.8. The molecule has 0 radical (unpaired) electrons. The Morgan fingerprint density at radius 1 is 1.64 bits per heavy atom. The first-order chi connectivity index (χ1) is 6.29. The summed E-state index contributed by atoms with van der Waals surface area (Å²) in [5.74, 6) is -1.34. The molecular weight excluding hydrogens is 205 g/mol. The molecule has 80 valence electrons. The predicted octanol–water partition coefficient (Wildman–Crippen LogP) is 0.0271. The summed E-state index contributed by atoms with van der Waals surface area (Å²) >= 11 is 0. The first kappa shape index (κ1) is 10.6.